The number of carbonyl (C=O) groups excluding carboxylic acids is 1. The Kier molecular flexibility index (Phi) is 6.58. The zero-order valence-electron chi connectivity index (χ0n) is 25.5. The number of esters is 1. The molecule has 3 saturated carbocycles. The summed E-state index contributed by atoms with van der Waals surface area (Å²) < 4.78 is 13.2. The fraction of sp³-hybridized carbons (Fsp3) is 0.605. The van der Waals surface area contributed by atoms with Gasteiger partial charge >= 0.3 is 5.97 Å². The fourth-order valence-electron chi connectivity index (χ4n) is 11.1. The molecule has 8 atom stereocenters. The lowest BCUT2D eigenvalue weighted by atomic mass is 9.46. The summed E-state index contributed by atoms with van der Waals surface area (Å²) in [5.74, 6) is 2.71. The Bertz CT molecular complexity index is 1280. The van der Waals surface area contributed by atoms with Gasteiger partial charge in [-0.15, -0.1) is 0 Å². The molecular formula is C38H48O3. The summed E-state index contributed by atoms with van der Waals surface area (Å²) >= 11 is 0. The van der Waals surface area contributed by atoms with Crippen molar-refractivity contribution in [1.29, 1.82) is 0 Å². The zero-order chi connectivity index (χ0) is 28.5. The first kappa shape index (κ1) is 27.4. The average Bonchev–Trinajstić information content (AvgIpc) is 3.53. The van der Waals surface area contributed by atoms with Gasteiger partial charge in [0.05, 0.1) is 5.60 Å². The second-order valence-corrected chi connectivity index (χ2v) is 14.9. The molecule has 0 spiro atoms. The summed E-state index contributed by atoms with van der Waals surface area (Å²) in [7, 11) is 0. The van der Waals surface area contributed by atoms with Crippen molar-refractivity contribution in [2.24, 2.45) is 34.5 Å². The summed E-state index contributed by atoms with van der Waals surface area (Å²) in [5, 5.41) is 0. The molecule has 218 valence electrons. The lowest BCUT2D eigenvalue weighted by Gasteiger charge is -2.59. The summed E-state index contributed by atoms with van der Waals surface area (Å²) in [6, 6.07) is 22.0. The predicted molar refractivity (Wildman–Crippen MR) is 163 cm³/mol. The molecule has 0 aromatic heterocycles. The minimum Gasteiger partial charge on any atom is -0.462 e. The molecule has 1 aliphatic heterocycles. The van der Waals surface area contributed by atoms with Gasteiger partial charge in [-0.3, -0.25) is 4.79 Å². The van der Waals surface area contributed by atoms with Crippen molar-refractivity contribution in [3.05, 3.63) is 83.4 Å². The molecule has 0 amide bonds. The third-order valence-corrected chi connectivity index (χ3v) is 13.0. The Morgan fingerprint density at radius 3 is 2.15 bits per heavy atom. The Hall–Kier alpha value is -2.39. The summed E-state index contributed by atoms with van der Waals surface area (Å²) in [4.78, 5) is 11.7. The molecule has 2 aromatic rings. The van der Waals surface area contributed by atoms with Crippen molar-refractivity contribution in [2.45, 2.75) is 109 Å². The van der Waals surface area contributed by atoms with Gasteiger partial charge in [-0.1, -0.05) is 86.2 Å². The molecule has 1 heterocycles. The van der Waals surface area contributed by atoms with Crippen LogP contribution in [0.2, 0.25) is 0 Å². The molecule has 3 heteroatoms. The van der Waals surface area contributed by atoms with Gasteiger partial charge in [-0.05, 0) is 110 Å². The van der Waals surface area contributed by atoms with Crippen LogP contribution >= 0.6 is 0 Å². The quantitative estimate of drug-likeness (QED) is 0.280. The molecule has 1 saturated heterocycles. The summed E-state index contributed by atoms with van der Waals surface area (Å²) in [6.45, 7) is 9.20. The van der Waals surface area contributed by atoms with Gasteiger partial charge in [-0.2, -0.15) is 0 Å². The number of carbonyl (C=O) groups is 1. The molecular weight excluding hydrogens is 504 g/mol. The number of fused-ring (bicyclic) bond motifs is 5. The van der Waals surface area contributed by atoms with E-state index in [1.54, 1.807) is 12.5 Å². The SMILES string of the molecule is CC(=O)O[C@H]1CC[C@@]2(C)C(=CC[C@@H]3[C@H]2CC[C@@]2(C)[C@H]([C@@]4(C)CCC(c5ccccc5)(c5ccccc5)O4)CC[C@@H]32)C1. The molecule has 3 nitrogen and oxygen atoms in total. The average molecular weight is 553 g/mol. The summed E-state index contributed by atoms with van der Waals surface area (Å²) in [6.07, 6.45) is 14.3. The van der Waals surface area contributed by atoms with Crippen LogP contribution in [0.15, 0.2) is 72.3 Å². The van der Waals surface area contributed by atoms with Crippen molar-refractivity contribution < 1.29 is 14.3 Å². The standard InChI is InChI=1S/C38H48O3/c1-26(39)40-30-19-21-35(2)29(25-30)15-16-31-32-17-18-34(36(32,3)22-20-33(31)35)37(4)23-24-38(41-37,27-11-7-5-8-12-27)28-13-9-6-10-14-28/h5-15,30-34H,16-25H2,1-4H3/t30-,31-,32-,33+,34+,35-,36+,37+/m0/s1. The van der Waals surface area contributed by atoms with Crippen LogP contribution < -0.4 is 0 Å². The Balaban J connectivity index is 1.17. The molecule has 0 N–H and O–H groups in total. The van der Waals surface area contributed by atoms with Gasteiger partial charge in [0.15, 0.2) is 0 Å². The van der Waals surface area contributed by atoms with E-state index in [9.17, 15) is 4.79 Å². The number of hydrogen-bond donors (Lipinski definition) is 0. The van der Waals surface area contributed by atoms with Gasteiger partial charge in [0.1, 0.15) is 11.7 Å². The van der Waals surface area contributed by atoms with E-state index in [4.69, 9.17) is 9.47 Å². The number of rotatable bonds is 4. The fourth-order valence-corrected chi connectivity index (χ4v) is 11.1. The molecule has 0 unspecified atom stereocenters. The van der Waals surface area contributed by atoms with E-state index in [1.165, 1.54) is 43.2 Å². The maximum absolute atomic E-state index is 11.7. The molecule has 5 aliphatic rings. The van der Waals surface area contributed by atoms with E-state index in [0.29, 0.717) is 11.3 Å². The smallest absolute Gasteiger partial charge is 0.302 e. The van der Waals surface area contributed by atoms with E-state index in [2.05, 4.69) is 87.5 Å². The van der Waals surface area contributed by atoms with Crippen molar-refractivity contribution in [1.82, 2.24) is 0 Å². The maximum Gasteiger partial charge on any atom is 0.302 e. The zero-order valence-corrected chi connectivity index (χ0v) is 25.5. The highest BCUT2D eigenvalue weighted by molar-refractivity contribution is 5.66. The minimum atomic E-state index is -0.376. The van der Waals surface area contributed by atoms with Crippen LogP contribution in [0.25, 0.3) is 0 Å². The van der Waals surface area contributed by atoms with Crippen LogP contribution in [0, 0.1) is 34.5 Å². The van der Waals surface area contributed by atoms with Gasteiger partial charge in [0, 0.05) is 13.3 Å². The van der Waals surface area contributed by atoms with Crippen LogP contribution in [0.1, 0.15) is 103 Å². The topological polar surface area (TPSA) is 35.5 Å². The Morgan fingerprint density at radius 1 is 0.805 bits per heavy atom. The Morgan fingerprint density at radius 2 is 1.49 bits per heavy atom. The number of hydrogen-bond acceptors (Lipinski definition) is 3. The highest BCUT2D eigenvalue weighted by atomic mass is 16.5. The number of ether oxygens (including phenoxy) is 2. The van der Waals surface area contributed by atoms with Crippen molar-refractivity contribution in [3.63, 3.8) is 0 Å². The normalized spacial score (nSPS) is 41.1. The van der Waals surface area contributed by atoms with Gasteiger partial charge < -0.3 is 9.47 Å². The van der Waals surface area contributed by atoms with E-state index < -0.39 is 0 Å². The van der Waals surface area contributed by atoms with E-state index in [1.807, 2.05) is 0 Å². The van der Waals surface area contributed by atoms with Crippen LogP contribution in [-0.2, 0) is 19.9 Å². The van der Waals surface area contributed by atoms with Crippen LogP contribution in [0.3, 0.4) is 0 Å². The second-order valence-electron chi connectivity index (χ2n) is 14.9. The van der Waals surface area contributed by atoms with Gasteiger partial charge in [0.25, 0.3) is 0 Å². The first-order valence-corrected chi connectivity index (χ1v) is 16.4. The number of benzene rings is 2. The van der Waals surface area contributed by atoms with Crippen LogP contribution in [-0.4, -0.2) is 17.7 Å². The van der Waals surface area contributed by atoms with Crippen molar-refractivity contribution in [3.8, 4) is 0 Å². The van der Waals surface area contributed by atoms with Gasteiger partial charge in [0.2, 0.25) is 0 Å². The second kappa shape index (κ2) is 9.83. The molecule has 7 rings (SSSR count). The molecule has 0 bridgehead atoms. The lowest BCUT2D eigenvalue weighted by Crippen LogP contribution is -2.53. The van der Waals surface area contributed by atoms with E-state index >= 15 is 0 Å². The first-order valence-electron chi connectivity index (χ1n) is 16.4. The summed E-state index contributed by atoms with van der Waals surface area (Å²) in [5.41, 5.74) is 4.24. The highest BCUT2D eigenvalue weighted by Crippen LogP contribution is 2.69. The maximum atomic E-state index is 11.7. The predicted octanol–water partition coefficient (Wildman–Crippen LogP) is 9.01. The van der Waals surface area contributed by atoms with E-state index in [0.717, 1.165) is 49.9 Å². The molecule has 0 radical (unpaired) electrons. The first-order chi connectivity index (χ1) is 19.7. The number of allylic oxidation sites excluding steroid dienone is 1. The third-order valence-electron chi connectivity index (χ3n) is 13.0. The van der Waals surface area contributed by atoms with Crippen LogP contribution in [0.4, 0.5) is 0 Å². The molecule has 4 aliphatic carbocycles. The van der Waals surface area contributed by atoms with Gasteiger partial charge in [-0.25, -0.2) is 0 Å². The van der Waals surface area contributed by atoms with Crippen LogP contribution in [0.5, 0.6) is 0 Å². The molecule has 2 aromatic carbocycles. The monoisotopic (exact) mass is 552 g/mol. The van der Waals surface area contributed by atoms with Crippen molar-refractivity contribution in [2.75, 3.05) is 0 Å². The molecule has 41 heavy (non-hydrogen) atoms. The minimum absolute atomic E-state index is 0.0713. The lowest BCUT2D eigenvalue weighted by molar-refractivity contribution is -0.153. The largest absolute Gasteiger partial charge is 0.462 e. The van der Waals surface area contributed by atoms with E-state index in [-0.39, 0.29) is 28.7 Å². The Labute approximate surface area is 247 Å². The third kappa shape index (κ3) is 4.20. The van der Waals surface area contributed by atoms with Crippen molar-refractivity contribution >= 4 is 5.97 Å². The molecule has 4 fully saturated rings. The highest BCUT2D eigenvalue weighted by Gasteiger charge is 2.64.